The Balaban J connectivity index is 3.67. The predicted octanol–water partition coefficient (Wildman–Crippen LogP) is 4.64. The Morgan fingerprint density at radius 3 is 1.79 bits per heavy atom. The van der Waals surface area contributed by atoms with Crippen molar-refractivity contribution in [2.45, 2.75) is 64.2 Å². The van der Waals surface area contributed by atoms with Gasteiger partial charge in [-0.05, 0) is 19.8 Å². The number of rotatable bonds is 6. The van der Waals surface area contributed by atoms with E-state index >= 15 is 0 Å². The molecule has 14 heavy (non-hydrogen) atoms. The molecule has 0 heterocycles. The van der Waals surface area contributed by atoms with Gasteiger partial charge in [0, 0.05) is 0 Å². The largest absolute Gasteiger partial charge is 0.422 e. The average molecular weight is 214 g/mol. The summed E-state index contributed by atoms with van der Waals surface area (Å²) < 4.78 is 49.1. The first-order chi connectivity index (χ1) is 6.31. The van der Waals surface area contributed by atoms with Gasteiger partial charge in [-0.25, -0.2) is 4.39 Å². The third-order valence-electron chi connectivity index (χ3n) is 2.34. The van der Waals surface area contributed by atoms with Crippen LogP contribution in [0.25, 0.3) is 0 Å². The molecule has 1 atom stereocenters. The Morgan fingerprint density at radius 1 is 0.857 bits per heavy atom. The van der Waals surface area contributed by atoms with Crippen LogP contribution in [0.2, 0.25) is 0 Å². The van der Waals surface area contributed by atoms with Gasteiger partial charge in [-0.15, -0.1) is 0 Å². The van der Waals surface area contributed by atoms with Gasteiger partial charge in [-0.1, -0.05) is 32.6 Å². The normalized spacial score (nSPS) is 16.7. The first kappa shape index (κ1) is 13.7. The summed E-state index contributed by atoms with van der Waals surface area (Å²) in [5.74, 6) is 0. The Hall–Kier alpha value is -0.280. The van der Waals surface area contributed by atoms with Crippen LogP contribution in [0.4, 0.5) is 17.6 Å². The summed E-state index contributed by atoms with van der Waals surface area (Å²) in [4.78, 5) is 0. The summed E-state index contributed by atoms with van der Waals surface area (Å²) >= 11 is 0. The van der Waals surface area contributed by atoms with Gasteiger partial charge in [-0.2, -0.15) is 13.2 Å². The van der Waals surface area contributed by atoms with Crippen LogP contribution >= 0.6 is 0 Å². The maximum atomic E-state index is 13.0. The first-order valence-electron chi connectivity index (χ1n) is 5.07. The summed E-state index contributed by atoms with van der Waals surface area (Å²) in [5, 5.41) is 0. The van der Waals surface area contributed by atoms with Crippen molar-refractivity contribution in [3.63, 3.8) is 0 Å². The molecule has 0 fully saturated rings. The minimum Gasteiger partial charge on any atom is -0.234 e. The summed E-state index contributed by atoms with van der Waals surface area (Å²) in [5.41, 5.74) is -3.01. The van der Waals surface area contributed by atoms with Crippen LogP contribution in [0.5, 0.6) is 0 Å². The zero-order valence-electron chi connectivity index (χ0n) is 8.75. The number of hydrogen-bond acceptors (Lipinski definition) is 0. The monoisotopic (exact) mass is 214 g/mol. The lowest BCUT2D eigenvalue weighted by Gasteiger charge is -2.23. The van der Waals surface area contributed by atoms with Gasteiger partial charge in [-0.3, -0.25) is 0 Å². The van der Waals surface area contributed by atoms with Gasteiger partial charge in [0.05, 0.1) is 0 Å². The molecular formula is C10H18F4. The Bertz CT molecular complexity index is 149. The van der Waals surface area contributed by atoms with Gasteiger partial charge in [0.15, 0.2) is 0 Å². The predicted molar refractivity (Wildman–Crippen MR) is 48.9 cm³/mol. The van der Waals surface area contributed by atoms with E-state index in [9.17, 15) is 17.6 Å². The van der Waals surface area contributed by atoms with Crippen LogP contribution in [-0.2, 0) is 0 Å². The van der Waals surface area contributed by atoms with E-state index in [0.29, 0.717) is 19.8 Å². The number of unbranched alkanes of at least 4 members (excludes halogenated alkanes) is 4. The molecule has 0 nitrogen and oxygen atoms in total. The second kappa shape index (κ2) is 5.56. The highest BCUT2D eigenvalue weighted by atomic mass is 19.4. The number of halogens is 4. The van der Waals surface area contributed by atoms with E-state index in [1.807, 2.05) is 6.92 Å². The minimum absolute atomic E-state index is 0.312. The van der Waals surface area contributed by atoms with Crippen LogP contribution < -0.4 is 0 Å². The zero-order chi connectivity index (χ0) is 11.2. The number of hydrogen-bond donors (Lipinski definition) is 0. The molecular weight excluding hydrogens is 196 g/mol. The van der Waals surface area contributed by atoms with Crippen LogP contribution in [0.1, 0.15) is 52.4 Å². The lowest BCUT2D eigenvalue weighted by molar-refractivity contribution is -0.226. The topological polar surface area (TPSA) is 0 Å². The minimum atomic E-state index is -4.72. The van der Waals surface area contributed by atoms with Crippen molar-refractivity contribution in [2.75, 3.05) is 0 Å². The summed E-state index contributed by atoms with van der Waals surface area (Å²) in [6.45, 7) is 2.64. The van der Waals surface area contributed by atoms with Gasteiger partial charge in [0.1, 0.15) is 0 Å². The number of alkyl halides is 4. The Morgan fingerprint density at radius 2 is 1.36 bits per heavy atom. The van der Waals surface area contributed by atoms with E-state index in [1.54, 1.807) is 0 Å². The van der Waals surface area contributed by atoms with E-state index in [4.69, 9.17) is 0 Å². The lowest BCUT2D eigenvalue weighted by Crippen LogP contribution is -2.37. The van der Waals surface area contributed by atoms with Gasteiger partial charge in [0.2, 0.25) is 5.67 Å². The van der Waals surface area contributed by atoms with E-state index in [2.05, 4.69) is 0 Å². The molecule has 0 N–H and O–H groups in total. The quantitative estimate of drug-likeness (QED) is 0.446. The summed E-state index contributed by atoms with van der Waals surface area (Å²) in [6.07, 6.45) is -1.21. The van der Waals surface area contributed by atoms with E-state index in [1.165, 1.54) is 0 Å². The first-order valence-corrected chi connectivity index (χ1v) is 5.07. The molecule has 1 unspecified atom stereocenters. The fourth-order valence-electron chi connectivity index (χ4n) is 1.20. The second-order valence-corrected chi connectivity index (χ2v) is 3.86. The van der Waals surface area contributed by atoms with Crippen LogP contribution in [0.15, 0.2) is 0 Å². The highest BCUT2D eigenvalue weighted by Crippen LogP contribution is 2.37. The standard InChI is InChI=1S/C10H18F4/c1-3-4-5-6-7-8-9(2,11)10(12,13)14/h3-8H2,1-2H3. The van der Waals surface area contributed by atoms with Crippen LogP contribution in [-0.4, -0.2) is 11.8 Å². The molecule has 0 radical (unpaired) electrons. The molecule has 0 aromatic rings. The van der Waals surface area contributed by atoms with Crippen LogP contribution in [0, 0.1) is 0 Å². The van der Waals surface area contributed by atoms with Crippen molar-refractivity contribution >= 4 is 0 Å². The highest BCUT2D eigenvalue weighted by molar-refractivity contribution is 4.81. The zero-order valence-corrected chi connectivity index (χ0v) is 8.75. The molecule has 0 saturated carbocycles. The second-order valence-electron chi connectivity index (χ2n) is 3.86. The van der Waals surface area contributed by atoms with Crippen molar-refractivity contribution in [3.05, 3.63) is 0 Å². The Kier molecular flexibility index (Phi) is 5.45. The fourth-order valence-corrected chi connectivity index (χ4v) is 1.20. The van der Waals surface area contributed by atoms with Crippen molar-refractivity contribution in [1.82, 2.24) is 0 Å². The third kappa shape index (κ3) is 4.82. The molecule has 0 bridgehead atoms. The molecule has 86 valence electrons. The van der Waals surface area contributed by atoms with Crippen LogP contribution in [0.3, 0.4) is 0 Å². The fraction of sp³-hybridized carbons (Fsp3) is 1.00. The molecule has 0 spiro atoms. The maximum absolute atomic E-state index is 13.0. The molecule has 0 saturated heterocycles. The lowest BCUT2D eigenvalue weighted by atomic mass is 9.99. The molecule has 0 aromatic heterocycles. The highest BCUT2D eigenvalue weighted by Gasteiger charge is 2.51. The molecule has 4 heteroatoms. The molecule has 0 aliphatic rings. The van der Waals surface area contributed by atoms with Gasteiger partial charge in [0.25, 0.3) is 0 Å². The van der Waals surface area contributed by atoms with Crippen molar-refractivity contribution in [3.8, 4) is 0 Å². The maximum Gasteiger partial charge on any atom is 0.422 e. The summed E-state index contributed by atoms with van der Waals surface area (Å²) in [6, 6.07) is 0. The van der Waals surface area contributed by atoms with Gasteiger partial charge < -0.3 is 0 Å². The molecule has 0 aliphatic heterocycles. The molecule has 0 rings (SSSR count). The molecule has 0 aromatic carbocycles. The van der Waals surface area contributed by atoms with Crippen molar-refractivity contribution in [2.24, 2.45) is 0 Å². The summed E-state index contributed by atoms with van der Waals surface area (Å²) in [7, 11) is 0. The third-order valence-corrected chi connectivity index (χ3v) is 2.34. The SMILES string of the molecule is CCCCCCCC(C)(F)C(F)(F)F. The van der Waals surface area contributed by atoms with Crippen molar-refractivity contribution in [1.29, 1.82) is 0 Å². The average Bonchev–Trinajstić information content (AvgIpc) is 2.02. The van der Waals surface area contributed by atoms with E-state index < -0.39 is 18.3 Å². The molecule has 0 amide bonds. The molecule has 0 aliphatic carbocycles. The Labute approximate surface area is 82.7 Å². The smallest absolute Gasteiger partial charge is 0.234 e. The van der Waals surface area contributed by atoms with E-state index in [-0.39, 0.29) is 0 Å². The van der Waals surface area contributed by atoms with E-state index in [0.717, 1.165) is 19.3 Å². The van der Waals surface area contributed by atoms with Crippen molar-refractivity contribution < 1.29 is 17.6 Å². The van der Waals surface area contributed by atoms with Gasteiger partial charge >= 0.3 is 6.18 Å².